The second-order valence-electron chi connectivity index (χ2n) is 5.88. The lowest BCUT2D eigenvalue weighted by Gasteiger charge is -2.23. The van der Waals surface area contributed by atoms with E-state index in [1.807, 2.05) is 11.3 Å². The lowest BCUT2D eigenvalue weighted by molar-refractivity contribution is 0.506. The van der Waals surface area contributed by atoms with Gasteiger partial charge in [0, 0.05) is 9.75 Å². The molecule has 0 saturated heterocycles. The fourth-order valence-corrected chi connectivity index (χ4v) is 3.89. The SMILES string of the molecule is CCc1ccc(C(Br)c2ccc(C(C)(C)CC)cc2)s1. The predicted molar refractivity (Wildman–Crippen MR) is 94.2 cm³/mol. The van der Waals surface area contributed by atoms with Crippen molar-refractivity contribution in [1.82, 2.24) is 0 Å². The van der Waals surface area contributed by atoms with E-state index in [-0.39, 0.29) is 5.41 Å². The zero-order valence-electron chi connectivity index (χ0n) is 12.7. The summed E-state index contributed by atoms with van der Waals surface area (Å²) in [4.78, 5) is 3.16. The maximum atomic E-state index is 3.84. The van der Waals surface area contributed by atoms with Crippen molar-refractivity contribution in [2.75, 3.05) is 0 Å². The third-order valence-corrected chi connectivity index (χ3v) is 6.77. The minimum atomic E-state index is 0.263. The molecule has 1 aromatic carbocycles. The fourth-order valence-electron chi connectivity index (χ4n) is 2.19. The van der Waals surface area contributed by atoms with Crippen molar-refractivity contribution >= 4 is 27.3 Å². The number of thiophene rings is 1. The molecule has 1 atom stereocenters. The smallest absolute Gasteiger partial charge is 0.0738 e. The van der Waals surface area contributed by atoms with Gasteiger partial charge in [0.25, 0.3) is 0 Å². The summed E-state index contributed by atoms with van der Waals surface area (Å²) in [5, 5.41) is 0. The van der Waals surface area contributed by atoms with Gasteiger partial charge in [-0.25, -0.2) is 0 Å². The lowest BCUT2D eigenvalue weighted by Crippen LogP contribution is -2.15. The summed E-state index contributed by atoms with van der Waals surface area (Å²) >= 11 is 5.74. The highest BCUT2D eigenvalue weighted by molar-refractivity contribution is 9.09. The Morgan fingerprint density at radius 2 is 1.70 bits per heavy atom. The first-order valence-corrected chi connectivity index (χ1v) is 9.04. The number of halogens is 1. The Labute approximate surface area is 135 Å². The van der Waals surface area contributed by atoms with E-state index in [1.54, 1.807) is 0 Å². The van der Waals surface area contributed by atoms with Crippen LogP contribution >= 0.6 is 27.3 Å². The summed E-state index contributed by atoms with van der Waals surface area (Å²) in [5.74, 6) is 0. The normalized spacial score (nSPS) is 13.4. The molecule has 0 N–H and O–H groups in total. The van der Waals surface area contributed by atoms with Gasteiger partial charge in [0.1, 0.15) is 0 Å². The summed E-state index contributed by atoms with van der Waals surface area (Å²) in [5.41, 5.74) is 3.02. The lowest BCUT2D eigenvalue weighted by atomic mass is 9.82. The third kappa shape index (κ3) is 3.35. The van der Waals surface area contributed by atoms with E-state index in [2.05, 4.69) is 80.0 Å². The van der Waals surface area contributed by atoms with Crippen LogP contribution in [0.15, 0.2) is 36.4 Å². The van der Waals surface area contributed by atoms with Gasteiger partial charge >= 0.3 is 0 Å². The molecule has 0 bridgehead atoms. The molecule has 0 amide bonds. The fraction of sp³-hybridized carbons (Fsp3) is 0.444. The standard InChI is InChI=1S/C18H23BrS/c1-5-15-11-12-16(20-15)17(19)13-7-9-14(10-8-13)18(3,4)6-2/h7-12,17H,5-6H2,1-4H3. The zero-order valence-corrected chi connectivity index (χ0v) is 15.1. The molecular formula is C18H23BrS. The molecule has 0 aliphatic heterocycles. The van der Waals surface area contributed by atoms with E-state index in [4.69, 9.17) is 0 Å². The quantitative estimate of drug-likeness (QED) is 0.541. The largest absolute Gasteiger partial charge is 0.144 e. The van der Waals surface area contributed by atoms with Gasteiger partial charge in [-0.1, -0.05) is 67.9 Å². The first-order chi connectivity index (χ1) is 9.47. The molecule has 0 aliphatic rings. The number of benzene rings is 1. The van der Waals surface area contributed by atoms with Crippen LogP contribution in [0.25, 0.3) is 0 Å². The molecule has 2 aromatic rings. The Morgan fingerprint density at radius 3 is 2.20 bits per heavy atom. The Kier molecular flexibility index (Phi) is 5.09. The highest BCUT2D eigenvalue weighted by atomic mass is 79.9. The molecule has 1 unspecified atom stereocenters. The van der Waals surface area contributed by atoms with Crippen LogP contribution in [-0.4, -0.2) is 0 Å². The van der Waals surface area contributed by atoms with Crippen molar-refractivity contribution in [3.05, 3.63) is 57.3 Å². The molecule has 0 fully saturated rings. The Morgan fingerprint density at radius 1 is 1.05 bits per heavy atom. The van der Waals surface area contributed by atoms with Crippen LogP contribution in [-0.2, 0) is 11.8 Å². The number of rotatable bonds is 5. The minimum absolute atomic E-state index is 0.263. The maximum absolute atomic E-state index is 3.84. The number of alkyl halides is 1. The van der Waals surface area contributed by atoms with E-state index in [0.717, 1.165) is 12.8 Å². The molecule has 108 valence electrons. The maximum Gasteiger partial charge on any atom is 0.0738 e. The highest BCUT2D eigenvalue weighted by Crippen LogP contribution is 2.36. The van der Waals surface area contributed by atoms with Crippen LogP contribution in [0.4, 0.5) is 0 Å². The van der Waals surface area contributed by atoms with Crippen LogP contribution in [0.1, 0.15) is 59.8 Å². The summed E-state index contributed by atoms with van der Waals surface area (Å²) in [6, 6.07) is 13.6. The van der Waals surface area contributed by atoms with E-state index in [9.17, 15) is 0 Å². The molecule has 20 heavy (non-hydrogen) atoms. The van der Waals surface area contributed by atoms with Gasteiger partial charge in [0.05, 0.1) is 4.83 Å². The van der Waals surface area contributed by atoms with Gasteiger partial charge in [0.15, 0.2) is 0 Å². The van der Waals surface area contributed by atoms with Gasteiger partial charge in [-0.3, -0.25) is 0 Å². The van der Waals surface area contributed by atoms with Crippen molar-refractivity contribution < 1.29 is 0 Å². The molecular weight excluding hydrogens is 328 g/mol. The molecule has 2 rings (SSSR count). The number of hydrogen-bond acceptors (Lipinski definition) is 1. The average Bonchev–Trinajstić information content (AvgIpc) is 2.95. The van der Waals surface area contributed by atoms with Crippen molar-refractivity contribution in [2.45, 2.75) is 50.8 Å². The van der Waals surface area contributed by atoms with Crippen LogP contribution in [0.3, 0.4) is 0 Å². The van der Waals surface area contributed by atoms with Crippen LogP contribution < -0.4 is 0 Å². The second kappa shape index (κ2) is 6.44. The number of hydrogen-bond donors (Lipinski definition) is 0. The first-order valence-electron chi connectivity index (χ1n) is 7.31. The van der Waals surface area contributed by atoms with Gasteiger partial charge in [-0.05, 0) is 41.5 Å². The van der Waals surface area contributed by atoms with Crippen molar-refractivity contribution in [3.63, 3.8) is 0 Å². The summed E-state index contributed by atoms with van der Waals surface area (Å²) in [6.07, 6.45) is 2.28. The Balaban J connectivity index is 2.21. The summed E-state index contributed by atoms with van der Waals surface area (Å²) in [6.45, 7) is 9.07. The predicted octanol–water partition coefficient (Wildman–Crippen LogP) is 6.48. The molecule has 0 nitrogen and oxygen atoms in total. The molecule has 2 heteroatoms. The van der Waals surface area contributed by atoms with E-state index >= 15 is 0 Å². The molecule has 0 spiro atoms. The number of aryl methyl sites for hydroxylation is 1. The Hall–Kier alpha value is -0.600. The van der Waals surface area contributed by atoms with Crippen LogP contribution in [0, 0.1) is 0 Å². The van der Waals surface area contributed by atoms with E-state index in [0.29, 0.717) is 4.83 Å². The van der Waals surface area contributed by atoms with Crippen molar-refractivity contribution in [2.24, 2.45) is 0 Å². The highest BCUT2D eigenvalue weighted by Gasteiger charge is 2.19. The second-order valence-corrected chi connectivity index (χ2v) is 8.00. The Bertz CT molecular complexity index is 551. The van der Waals surface area contributed by atoms with Gasteiger partial charge < -0.3 is 0 Å². The van der Waals surface area contributed by atoms with Gasteiger partial charge in [-0.2, -0.15) is 0 Å². The molecule has 1 aromatic heterocycles. The molecule has 0 radical (unpaired) electrons. The first kappa shape index (κ1) is 15.8. The molecule has 0 aliphatic carbocycles. The van der Waals surface area contributed by atoms with Crippen molar-refractivity contribution in [3.8, 4) is 0 Å². The third-order valence-electron chi connectivity index (χ3n) is 4.15. The minimum Gasteiger partial charge on any atom is -0.144 e. The van der Waals surface area contributed by atoms with E-state index in [1.165, 1.54) is 20.9 Å². The zero-order chi connectivity index (χ0) is 14.8. The average molecular weight is 351 g/mol. The summed E-state index contributed by atoms with van der Waals surface area (Å²) < 4.78 is 0. The molecule has 0 saturated carbocycles. The monoisotopic (exact) mass is 350 g/mol. The van der Waals surface area contributed by atoms with E-state index < -0.39 is 0 Å². The van der Waals surface area contributed by atoms with Crippen molar-refractivity contribution in [1.29, 1.82) is 0 Å². The topological polar surface area (TPSA) is 0 Å². The molecule has 1 heterocycles. The van der Waals surface area contributed by atoms with Crippen LogP contribution in [0.2, 0.25) is 0 Å². The van der Waals surface area contributed by atoms with Gasteiger partial charge in [0.2, 0.25) is 0 Å². The van der Waals surface area contributed by atoms with Crippen LogP contribution in [0.5, 0.6) is 0 Å². The summed E-state index contributed by atoms with van der Waals surface area (Å²) in [7, 11) is 0. The van der Waals surface area contributed by atoms with Gasteiger partial charge in [-0.15, -0.1) is 11.3 Å².